The first-order chi connectivity index (χ1) is 16.5. The number of amides is 2. The third kappa shape index (κ3) is 4.57. The summed E-state index contributed by atoms with van der Waals surface area (Å²) in [7, 11) is 0. The molecule has 0 N–H and O–H groups in total. The average molecular weight is 510 g/mol. The molecule has 8 heteroatoms. The minimum atomic E-state index is -0.371. The van der Waals surface area contributed by atoms with Crippen molar-refractivity contribution >= 4 is 63.0 Å². The van der Waals surface area contributed by atoms with E-state index in [9.17, 15) is 9.59 Å². The van der Waals surface area contributed by atoms with Crippen LogP contribution in [0.4, 0.5) is 4.79 Å². The zero-order valence-electron chi connectivity index (χ0n) is 17.7. The van der Waals surface area contributed by atoms with E-state index < -0.39 is 0 Å². The van der Waals surface area contributed by atoms with Gasteiger partial charge in [-0.15, -0.1) is 0 Å². The normalized spacial score (nSPS) is 15.0. The van der Waals surface area contributed by atoms with Gasteiger partial charge in [-0.3, -0.25) is 14.5 Å². The molecule has 1 aliphatic rings. The Morgan fingerprint density at radius 1 is 0.941 bits per heavy atom. The van der Waals surface area contributed by atoms with Gasteiger partial charge >= 0.3 is 0 Å². The summed E-state index contributed by atoms with van der Waals surface area (Å²) in [6, 6.07) is 22.4. The summed E-state index contributed by atoms with van der Waals surface area (Å²) in [6.07, 6.45) is 1.57. The number of carbonyl (C=O) groups is 2. The number of ether oxygens (including phenoxy) is 1. The number of imide groups is 1. The molecular formula is C26H17Cl2NO4S. The molecule has 1 aliphatic heterocycles. The van der Waals surface area contributed by atoms with Gasteiger partial charge in [0.2, 0.25) is 0 Å². The topological polar surface area (TPSA) is 59.8 Å². The number of fused-ring (bicyclic) bond motifs is 1. The first-order valence-corrected chi connectivity index (χ1v) is 12.0. The molecule has 4 aromatic rings. The summed E-state index contributed by atoms with van der Waals surface area (Å²) >= 11 is 12.9. The minimum Gasteiger partial charge on any atom is -0.491 e. The maximum atomic E-state index is 12.8. The Morgan fingerprint density at radius 2 is 1.76 bits per heavy atom. The lowest BCUT2D eigenvalue weighted by atomic mass is 10.1. The number of benzene rings is 3. The van der Waals surface area contributed by atoms with E-state index in [0.29, 0.717) is 32.2 Å². The second-order valence-electron chi connectivity index (χ2n) is 7.49. The predicted molar refractivity (Wildman–Crippen MR) is 136 cm³/mol. The van der Waals surface area contributed by atoms with Crippen LogP contribution in [0.25, 0.3) is 28.2 Å². The number of nitrogens with zero attached hydrogens (tertiary/aromatic N) is 1. The Hall–Kier alpha value is -3.19. The molecule has 2 amide bonds. The van der Waals surface area contributed by atoms with Gasteiger partial charge < -0.3 is 9.15 Å². The zero-order chi connectivity index (χ0) is 23.7. The fraction of sp³-hybridized carbons (Fsp3) is 0.0769. The summed E-state index contributed by atoms with van der Waals surface area (Å²) in [5.74, 6) is 1.38. The van der Waals surface area contributed by atoms with Crippen molar-refractivity contribution < 1.29 is 18.7 Å². The van der Waals surface area contributed by atoms with Gasteiger partial charge in [0.1, 0.15) is 23.9 Å². The van der Waals surface area contributed by atoms with Crippen LogP contribution in [0.5, 0.6) is 5.75 Å². The standard InChI is InChI=1S/C26H17Cl2NO4S/c27-20-10-8-17(14-21(20)28)22-11-9-18(33-22)15-24-25(30)29(26(31)34-24)12-13-32-23-7-3-5-16-4-1-2-6-19(16)23/h1-11,14-15H,12-13H2/b24-15-. The van der Waals surface area contributed by atoms with E-state index in [2.05, 4.69) is 0 Å². The van der Waals surface area contributed by atoms with Gasteiger partial charge in [0, 0.05) is 17.0 Å². The third-order valence-electron chi connectivity index (χ3n) is 5.30. The van der Waals surface area contributed by atoms with Crippen molar-refractivity contribution in [2.75, 3.05) is 13.2 Å². The largest absolute Gasteiger partial charge is 0.491 e. The number of furan rings is 1. The van der Waals surface area contributed by atoms with Crippen LogP contribution in [0, 0.1) is 0 Å². The lowest BCUT2D eigenvalue weighted by molar-refractivity contribution is -0.123. The fourth-order valence-corrected chi connectivity index (χ4v) is 4.77. The van der Waals surface area contributed by atoms with Gasteiger partial charge in [0.05, 0.1) is 21.5 Å². The molecule has 0 saturated carbocycles. The maximum Gasteiger partial charge on any atom is 0.293 e. The van der Waals surface area contributed by atoms with E-state index in [0.717, 1.165) is 28.1 Å². The van der Waals surface area contributed by atoms with Crippen LogP contribution in [0.3, 0.4) is 0 Å². The third-order valence-corrected chi connectivity index (χ3v) is 6.95. The van der Waals surface area contributed by atoms with Crippen LogP contribution in [0.2, 0.25) is 10.0 Å². The van der Waals surface area contributed by atoms with Crippen LogP contribution in [-0.2, 0) is 4.79 Å². The fourth-order valence-electron chi connectivity index (χ4n) is 3.63. The highest BCUT2D eigenvalue weighted by molar-refractivity contribution is 8.18. The number of hydrogen-bond donors (Lipinski definition) is 0. The molecule has 0 unspecified atom stereocenters. The molecular weight excluding hydrogens is 493 g/mol. The van der Waals surface area contributed by atoms with Crippen molar-refractivity contribution in [1.82, 2.24) is 4.90 Å². The van der Waals surface area contributed by atoms with Crippen molar-refractivity contribution in [3.63, 3.8) is 0 Å². The Kier molecular flexibility index (Phi) is 6.37. The molecule has 0 spiro atoms. The summed E-state index contributed by atoms with van der Waals surface area (Å²) in [5.41, 5.74) is 0.757. The van der Waals surface area contributed by atoms with Crippen LogP contribution in [0.1, 0.15) is 5.76 Å². The van der Waals surface area contributed by atoms with E-state index in [-0.39, 0.29) is 24.3 Å². The number of halogens is 2. The van der Waals surface area contributed by atoms with Gasteiger partial charge in [0.15, 0.2) is 0 Å². The van der Waals surface area contributed by atoms with Crippen molar-refractivity contribution in [1.29, 1.82) is 0 Å². The molecule has 170 valence electrons. The molecule has 34 heavy (non-hydrogen) atoms. The van der Waals surface area contributed by atoms with Crippen molar-refractivity contribution in [3.05, 3.63) is 93.5 Å². The van der Waals surface area contributed by atoms with E-state index in [1.807, 2.05) is 42.5 Å². The average Bonchev–Trinajstić information content (AvgIpc) is 3.41. The molecule has 1 saturated heterocycles. The van der Waals surface area contributed by atoms with Crippen LogP contribution < -0.4 is 4.74 Å². The van der Waals surface area contributed by atoms with Crippen molar-refractivity contribution in [2.45, 2.75) is 0 Å². The van der Waals surface area contributed by atoms with Gasteiger partial charge in [-0.25, -0.2) is 0 Å². The number of carbonyl (C=O) groups excluding carboxylic acids is 2. The Morgan fingerprint density at radius 3 is 2.62 bits per heavy atom. The van der Waals surface area contributed by atoms with Gasteiger partial charge in [-0.1, -0.05) is 59.6 Å². The molecule has 5 rings (SSSR count). The highest BCUT2D eigenvalue weighted by Crippen LogP contribution is 2.34. The Bertz CT molecular complexity index is 1440. The first-order valence-electron chi connectivity index (χ1n) is 10.4. The molecule has 1 fully saturated rings. The van der Waals surface area contributed by atoms with Crippen molar-refractivity contribution in [3.8, 4) is 17.1 Å². The van der Waals surface area contributed by atoms with E-state index in [1.54, 1.807) is 36.4 Å². The maximum absolute atomic E-state index is 12.8. The van der Waals surface area contributed by atoms with Crippen LogP contribution >= 0.6 is 35.0 Å². The molecule has 1 aromatic heterocycles. The summed E-state index contributed by atoms with van der Waals surface area (Å²) in [6.45, 7) is 0.347. The number of rotatable bonds is 6. The molecule has 3 aromatic carbocycles. The molecule has 2 heterocycles. The molecule has 5 nitrogen and oxygen atoms in total. The van der Waals surface area contributed by atoms with E-state index in [1.165, 1.54) is 4.90 Å². The molecule has 0 bridgehead atoms. The van der Waals surface area contributed by atoms with E-state index >= 15 is 0 Å². The Balaban J connectivity index is 1.26. The summed E-state index contributed by atoms with van der Waals surface area (Å²) in [4.78, 5) is 26.8. The lowest BCUT2D eigenvalue weighted by Gasteiger charge is -2.14. The van der Waals surface area contributed by atoms with Crippen LogP contribution in [-0.4, -0.2) is 29.2 Å². The molecule has 0 radical (unpaired) electrons. The first kappa shape index (κ1) is 22.6. The SMILES string of the molecule is O=C1S/C(=C\c2ccc(-c3ccc(Cl)c(Cl)c3)o2)C(=O)N1CCOc1cccc2ccccc12. The molecule has 0 atom stereocenters. The van der Waals surface area contributed by atoms with Gasteiger partial charge in [-0.2, -0.15) is 0 Å². The number of thioether (sulfide) groups is 1. The smallest absolute Gasteiger partial charge is 0.293 e. The predicted octanol–water partition coefficient (Wildman–Crippen LogP) is 7.52. The summed E-state index contributed by atoms with van der Waals surface area (Å²) < 4.78 is 11.7. The highest BCUT2D eigenvalue weighted by Gasteiger charge is 2.35. The highest BCUT2D eigenvalue weighted by atomic mass is 35.5. The van der Waals surface area contributed by atoms with Crippen molar-refractivity contribution in [2.24, 2.45) is 0 Å². The monoisotopic (exact) mass is 509 g/mol. The van der Waals surface area contributed by atoms with Gasteiger partial charge in [-0.05, 0) is 53.5 Å². The number of hydrogen-bond acceptors (Lipinski definition) is 5. The Labute approximate surface area is 209 Å². The quantitative estimate of drug-likeness (QED) is 0.251. The van der Waals surface area contributed by atoms with Gasteiger partial charge in [0.25, 0.3) is 11.1 Å². The summed E-state index contributed by atoms with van der Waals surface area (Å²) in [5, 5.41) is 2.58. The zero-order valence-corrected chi connectivity index (χ0v) is 20.0. The second kappa shape index (κ2) is 9.58. The minimum absolute atomic E-state index is 0.151. The molecule has 0 aliphatic carbocycles. The second-order valence-corrected chi connectivity index (χ2v) is 9.30. The lowest BCUT2D eigenvalue weighted by Crippen LogP contribution is -2.32. The van der Waals surface area contributed by atoms with E-state index in [4.69, 9.17) is 32.4 Å². The van der Waals surface area contributed by atoms with Crippen LogP contribution in [0.15, 0.2) is 82.1 Å².